The number of hydrogen-bond acceptors (Lipinski definition) is 6. The molecule has 0 unspecified atom stereocenters. The monoisotopic (exact) mass is 484 g/mol. The number of para-hydroxylation sites is 1. The van der Waals surface area contributed by atoms with Gasteiger partial charge in [0.05, 0.1) is 28.5 Å². The van der Waals surface area contributed by atoms with Crippen LogP contribution in [-0.2, 0) is 0 Å². The molecule has 2 aromatic heterocycles. The summed E-state index contributed by atoms with van der Waals surface area (Å²) in [6.07, 6.45) is -0.388. The Balaban J connectivity index is 0.00000304. The van der Waals surface area contributed by atoms with Crippen molar-refractivity contribution in [1.82, 2.24) is 4.98 Å². The number of carboxylic acid groups (broad SMARTS) is 1. The van der Waals surface area contributed by atoms with Crippen LogP contribution >= 0.6 is 0 Å². The van der Waals surface area contributed by atoms with Crippen LogP contribution in [0.1, 0.15) is 45.6 Å². The molecule has 0 aliphatic carbocycles. The SMILES string of the molecule is Cc1c(-c2cc(C(=O)[O-])c3c(O[C@@H](C)c4ccc(C#N)cc4)ccc(C)c3n2)oc2ccccc12.[Na+]. The van der Waals surface area contributed by atoms with Gasteiger partial charge >= 0.3 is 29.6 Å². The zero-order chi connectivity index (χ0) is 24.7. The van der Waals surface area contributed by atoms with Crippen molar-refractivity contribution in [3.8, 4) is 23.3 Å². The van der Waals surface area contributed by atoms with Crippen LogP contribution in [0.3, 0.4) is 0 Å². The van der Waals surface area contributed by atoms with Crippen LogP contribution in [-0.4, -0.2) is 11.0 Å². The number of fused-ring (bicyclic) bond motifs is 2. The molecule has 5 aromatic rings. The second-order valence-electron chi connectivity index (χ2n) is 8.49. The first kappa shape index (κ1) is 25.5. The molecule has 0 N–H and O–H groups in total. The van der Waals surface area contributed by atoms with E-state index in [0.717, 1.165) is 22.1 Å². The van der Waals surface area contributed by atoms with Gasteiger partial charge in [-0.25, -0.2) is 4.98 Å². The number of nitrogens with zero attached hydrogens (tertiary/aromatic N) is 2. The van der Waals surface area contributed by atoms with Crippen molar-refractivity contribution in [3.63, 3.8) is 0 Å². The maximum atomic E-state index is 12.3. The minimum Gasteiger partial charge on any atom is -0.545 e. The van der Waals surface area contributed by atoms with Crippen LogP contribution in [0.4, 0.5) is 0 Å². The summed E-state index contributed by atoms with van der Waals surface area (Å²) in [7, 11) is 0. The first-order chi connectivity index (χ1) is 16.9. The van der Waals surface area contributed by atoms with E-state index in [0.29, 0.717) is 39.3 Å². The molecule has 0 saturated carbocycles. The Hall–Kier alpha value is -3.63. The zero-order valence-corrected chi connectivity index (χ0v) is 22.5. The van der Waals surface area contributed by atoms with Crippen LogP contribution in [0.5, 0.6) is 5.75 Å². The molecular weight excluding hydrogens is 463 g/mol. The summed E-state index contributed by atoms with van der Waals surface area (Å²) < 4.78 is 12.3. The van der Waals surface area contributed by atoms with Crippen LogP contribution in [0.25, 0.3) is 33.3 Å². The van der Waals surface area contributed by atoms with E-state index in [2.05, 4.69) is 6.07 Å². The maximum absolute atomic E-state index is 12.3. The van der Waals surface area contributed by atoms with E-state index in [9.17, 15) is 9.90 Å². The Morgan fingerprint density at radius 2 is 1.81 bits per heavy atom. The van der Waals surface area contributed by atoms with Crippen LogP contribution in [0, 0.1) is 25.2 Å². The third-order valence-electron chi connectivity index (χ3n) is 6.23. The maximum Gasteiger partial charge on any atom is 1.00 e. The van der Waals surface area contributed by atoms with E-state index in [1.165, 1.54) is 6.07 Å². The zero-order valence-electron chi connectivity index (χ0n) is 20.5. The van der Waals surface area contributed by atoms with Crippen LogP contribution < -0.4 is 39.4 Å². The van der Waals surface area contributed by atoms with E-state index >= 15 is 0 Å². The number of pyridine rings is 1. The van der Waals surface area contributed by atoms with E-state index in [4.69, 9.17) is 19.4 Å². The molecule has 7 heteroatoms. The summed E-state index contributed by atoms with van der Waals surface area (Å²) >= 11 is 0. The molecule has 3 aromatic carbocycles. The predicted octanol–water partition coefficient (Wildman–Crippen LogP) is 2.64. The van der Waals surface area contributed by atoms with Gasteiger partial charge < -0.3 is 19.1 Å². The number of benzene rings is 3. The summed E-state index contributed by atoms with van der Waals surface area (Å²) in [6, 6.07) is 21.9. The van der Waals surface area contributed by atoms with E-state index in [1.54, 1.807) is 18.2 Å². The number of aryl methyl sites for hydroxylation is 2. The van der Waals surface area contributed by atoms with Crippen molar-refractivity contribution in [3.05, 3.63) is 94.5 Å². The molecule has 0 radical (unpaired) electrons. The van der Waals surface area contributed by atoms with Crippen molar-refractivity contribution in [1.29, 1.82) is 5.26 Å². The third-order valence-corrected chi connectivity index (χ3v) is 6.23. The third kappa shape index (κ3) is 4.49. The molecule has 2 heterocycles. The Bertz CT molecular complexity index is 1650. The van der Waals surface area contributed by atoms with Crippen LogP contribution in [0.15, 0.2) is 71.1 Å². The van der Waals surface area contributed by atoms with Gasteiger partial charge in [0.2, 0.25) is 0 Å². The fraction of sp³-hybridized carbons (Fsp3) is 0.138. The number of carboxylic acids is 1. The first-order valence-corrected chi connectivity index (χ1v) is 11.2. The summed E-state index contributed by atoms with van der Waals surface area (Å²) in [6.45, 7) is 5.67. The van der Waals surface area contributed by atoms with Gasteiger partial charge in [-0.15, -0.1) is 0 Å². The molecule has 5 rings (SSSR count). The first-order valence-electron chi connectivity index (χ1n) is 11.2. The Morgan fingerprint density at radius 3 is 2.47 bits per heavy atom. The van der Waals surface area contributed by atoms with E-state index in [-0.39, 0.29) is 41.2 Å². The quantitative estimate of drug-likeness (QED) is 0.356. The molecule has 0 spiro atoms. The average Bonchev–Trinajstić information content (AvgIpc) is 3.21. The number of hydrogen-bond donors (Lipinski definition) is 0. The molecule has 0 fully saturated rings. The van der Waals surface area contributed by atoms with Crippen molar-refractivity contribution >= 4 is 27.8 Å². The topological polar surface area (TPSA) is 99.2 Å². The number of ether oxygens (including phenoxy) is 1. The van der Waals surface area contributed by atoms with Crippen molar-refractivity contribution in [2.45, 2.75) is 26.9 Å². The molecule has 6 nitrogen and oxygen atoms in total. The van der Waals surface area contributed by atoms with Gasteiger partial charge in [-0.2, -0.15) is 5.26 Å². The van der Waals surface area contributed by atoms with Crippen molar-refractivity contribution in [2.75, 3.05) is 0 Å². The summed E-state index contributed by atoms with van der Waals surface area (Å²) in [5, 5.41) is 22.7. The molecule has 0 aliphatic heterocycles. The molecule has 0 saturated heterocycles. The molecule has 36 heavy (non-hydrogen) atoms. The van der Waals surface area contributed by atoms with Gasteiger partial charge in [-0.05, 0) is 62.2 Å². The minimum absolute atomic E-state index is 0. The molecule has 172 valence electrons. The Kier molecular flexibility index (Phi) is 7.18. The molecule has 1 atom stereocenters. The van der Waals surface area contributed by atoms with Crippen LogP contribution in [0.2, 0.25) is 0 Å². The van der Waals surface area contributed by atoms with E-state index in [1.807, 2.05) is 63.2 Å². The normalized spacial score (nSPS) is 11.6. The molecule has 0 amide bonds. The van der Waals surface area contributed by atoms with Gasteiger partial charge in [0.1, 0.15) is 23.1 Å². The average molecular weight is 484 g/mol. The van der Waals surface area contributed by atoms with Crippen molar-refractivity contribution < 1.29 is 48.6 Å². The number of aromatic nitrogens is 1. The largest absolute Gasteiger partial charge is 1.00 e. The fourth-order valence-electron chi connectivity index (χ4n) is 4.32. The smallest absolute Gasteiger partial charge is 0.545 e. The van der Waals surface area contributed by atoms with E-state index < -0.39 is 5.97 Å². The standard InChI is InChI=1S/C29H22N2O4.Na/c1-16-8-13-25(34-18(3)20-11-9-19(15-30)10-12-20)26-22(29(32)33)14-23(31-27(16)26)28-17(2)21-6-4-5-7-24(21)35-28;/h4-14,18H,1-3H3,(H,32,33);/q;+1/p-1/t18-;/m0./s1. The van der Waals surface area contributed by atoms with Gasteiger partial charge in [0.15, 0.2) is 5.76 Å². The molecular formula is C29H21N2NaO4. The number of furan rings is 1. The number of aromatic carboxylic acids is 1. The molecule has 0 bridgehead atoms. The number of rotatable bonds is 5. The Labute approximate surface area is 230 Å². The van der Waals surface area contributed by atoms with Gasteiger partial charge in [0.25, 0.3) is 0 Å². The number of nitriles is 1. The second kappa shape index (κ2) is 10.2. The van der Waals surface area contributed by atoms with Crippen molar-refractivity contribution in [2.24, 2.45) is 0 Å². The molecule has 0 aliphatic rings. The summed E-state index contributed by atoms with van der Waals surface area (Å²) in [5.74, 6) is -0.414. The van der Waals surface area contributed by atoms with Gasteiger partial charge in [-0.3, -0.25) is 0 Å². The fourth-order valence-corrected chi connectivity index (χ4v) is 4.32. The minimum atomic E-state index is -1.33. The summed E-state index contributed by atoms with van der Waals surface area (Å²) in [4.78, 5) is 17.1. The number of carbonyl (C=O) groups is 1. The second-order valence-corrected chi connectivity index (χ2v) is 8.49. The van der Waals surface area contributed by atoms with Gasteiger partial charge in [-0.1, -0.05) is 36.4 Å². The number of carbonyl (C=O) groups excluding carboxylic acids is 1. The van der Waals surface area contributed by atoms with Gasteiger partial charge in [0, 0.05) is 16.5 Å². The summed E-state index contributed by atoms with van der Waals surface area (Å²) in [5.41, 5.74) is 4.72. The predicted molar refractivity (Wildman–Crippen MR) is 131 cm³/mol. The Morgan fingerprint density at radius 1 is 1.08 bits per heavy atom.